The number of halogens is 1. The Bertz CT molecular complexity index is 1930. The number of benzene rings is 2. The van der Waals surface area contributed by atoms with Crippen LogP contribution in [0.15, 0.2) is 86.7 Å². The zero-order valence-electron chi connectivity index (χ0n) is 22.1. The van der Waals surface area contributed by atoms with E-state index in [1.54, 1.807) is 12.3 Å². The van der Waals surface area contributed by atoms with Crippen LogP contribution in [0.3, 0.4) is 0 Å². The Morgan fingerprint density at radius 2 is 1.88 bits per heavy atom. The summed E-state index contributed by atoms with van der Waals surface area (Å²) < 4.78 is 9.29. The number of piperidine rings is 1. The number of imidazole rings is 1. The molecule has 13 heteroatoms. The zero-order chi connectivity index (χ0) is 28.6. The van der Waals surface area contributed by atoms with Gasteiger partial charge >= 0.3 is 5.69 Å². The van der Waals surface area contributed by atoms with E-state index in [-0.39, 0.29) is 17.6 Å². The third-order valence-electron chi connectivity index (χ3n) is 7.30. The molecule has 10 nitrogen and oxygen atoms in total. The first-order valence-corrected chi connectivity index (χ1v) is 15.6. The van der Waals surface area contributed by atoms with Crippen LogP contribution in [0.1, 0.15) is 34.4 Å². The molecule has 1 saturated heterocycles. The van der Waals surface area contributed by atoms with E-state index in [0.29, 0.717) is 59.1 Å². The summed E-state index contributed by atoms with van der Waals surface area (Å²) in [5, 5.41) is 12.6. The maximum atomic E-state index is 13.3. The number of aromatic amines is 1. The highest BCUT2D eigenvalue weighted by Crippen LogP contribution is 2.33. The van der Waals surface area contributed by atoms with E-state index in [4.69, 9.17) is 16.0 Å². The summed E-state index contributed by atoms with van der Waals surface area (Å²) in [5.74, 6) is 1.54. The van der Waals surface area contributed by atoms with Crippen LogP contribution in [0.2, 0.25) is 5.02 Å². The van der Waals surface area contributed by atoms with Gasteiger partial charge in [-0.25, -0.2) is 9.78 Å². The highest BCUT2D eigenvalue weighted by molar-refractivity contribution is 7.98. The number of hydrogen-bond acceptors (Lipinski definition) is 8. The molecule has 1 aliphatic heterocycles. The van der Waals surface area contributed by atoms with Gasteiger partial charge in [-0.3, -0.25) is 13.9 Å². The van der Waals surface area contributed by atoms with Gasteiger partial charge in [-0.1, -0.05) is 47.6 Å². The van der Waals surface area contributed by atoms with Gasteiger partial charge in [0.25, 0.3) is 5.91 Å². The minimum Gasteiger partial charge on any atom is -0.461 e. The van der Waals surface area contributed by atoms with Crippen LogP contribution in [-0.4, -0.2) is 53.2 Å². The average Bonchev–Trinajstić information content (AvgIpc) is 3.82. The van der Waals surface area contributed by atoms with E-state index in [1.807, 2.05) is 74.0 Å². The van der Waals surface area contributed by atoms with E-state index in [2.05, 4.69) is 20.2 Å². The molecule has 1 aliphatic rings. The number of carbonyl (C=O) groups is 1. The number of thiazole rings is 1. The number of nitrogens with one attached hydrogen (secondary N) is 1. The van der Waals surface area contributed by atoms with E-state index < -0.39 is 0 Å². The van der Waals surface area contributed by atoms with Gasteiger partial charge in [0.1, 0.15) is 10.7 Å². The number of carbonyl (C=O) groups excluding carboxylic acids is 1. The number of fused-ring (bicyclic) bond motifs is 1. The second-order valence-corrected chi connectivity index (χ2v) is 12.1. The predicted molar refractivity (Wildman–Crippen MR) is 162 cm³/mol. The van der Waals surface area contributed by atoms with Crippen molar-refractivity contribution in [3.05, 3.63) is 98.5 Å². The fourth-order valence-corrected chi connectivity index (χ4v) is 7.26. The Balaban J connectivity index is 1.04. The lowest BCUT2D eigenvalue weighted by Gasteiger charge is -2.32. The third-order valence-corrected chi connectivity index (χ3v) is 9.60. The molecule has 212 valence electrons. The molecule has 0 aliphatic carbocycles. The second-order valence-electron chi connectivity index (χ2n) is 9.83. The average molecular weight is 618 g/mol. The van der Waals surface area contributed by atoms with Crippen LogP contribution in [0.4, 0.5) is 0 Å². The molecule has 1 amide bonds. The molecule has 0 bridgehead atoms. The molecule has 2 aromatic carbocycles. The molecule has 0 saturated carbocycles. The van der Waals surface area contributed by atoms with Crippen molar-refractivity contribution in [3.8, 4) is 17.3 Å². The molecule has 1 N–H and O–H groups in total. The lowest BCUT2D eigenvalue weighted by molar-refractivity contribution is 0.0689. The van der Waals surface area contributed by atoms with Gasteiger partial charge in [0, 0.05) is 24.5 Å². The Morgan fingerprint density at radius 1 is 1.07 bits per heavy atom. The van der Waals surface area contributed by atoms with Crippen LogP contribution in [0, 0.1) is 0 Å². The maximum absolute atomic E-state index is 13.3. The summed E-state index contributed by atoms with van der Waals surface area (Å²) >= 11 is 9.44. The van der Waals surface area contributed by atoms with Crippen molar-refractivity contribution in [2.24, 2.45) is 0 Å². The van der Waals surface area contributed by atoms with Crippen LogP contribution in [0.5, 0.6) is 0 Å². The summed E-state index contributed by atoms with van der Waals surface area (Å²) in [5.41, 5.74) is 2.80. The molecule has 4 aromatic heterocycles. The molecule has 1 fully saturated rings. The minimum absolute atomic E-state index is 0.0432. The Kier molecular flexibility index (Phi) is 7.18. The fourth-order valence-electron chi connectivity index (χ4n) is 5.31. The molecular formula is C29H24ClN7O3S2. The number of amides is 1. The van der Waals surface area contributed by atoms with Gasteiger partial charge in [-0.2, -0.15) is 0 Å². The first-order chi connectivity index (χ1) is 20.6. The number of furan rings is 1. The smallest absolute Gasteiger partial charge is 0.326 e. The topological polar surface area (TPSA) is 115 Å². The van der Waals surface area contributed by atoms with Crippen molar-refractivity contribution in [3.63, 3.8) is 0 Å². The van der Waals surface area contributed by atoms with Crippen LogP contribution < -0.4 is 5.69 Å². The monoisotopic (exact) mass is 617 g/mol. The summed E-state index contributed by atoms with van der Waals surface area (Å²) in [6.45, 7) is 1.13. The third kappa shape index (κ3) is 4.95. The van der Waals surface area contributed by atoms with E-state index >= 15 is 0 Å². The number of nitrogens with zero attached hydrogens (tertiary/aromatic N) is 6. The van der Waals surface area contributed by atoms with Crippen molar-refractivity contribution in [2.45, 2.75) is 29.8 Å². The van der Waals surface area contributed by atoms with E-state index in [9.17, 15) is 9.59 Å². The number of rotatable bonds is 7. The standard InChI is InChI=1S/C29H24ClN7O3S2/c30-19-6-1-3-8-22(19)37-26(24-10-5-15-40-24)33-34-29(37)42-17-25-31-21(16-41-25)27(38)35-13-11-18(12-14-35)36-23-9-4-2-7-20(23)32-28(36)39/h1-10,15-16,18H,11-14,17H2,(H,32,39). The number of likely N-dealkylation sites (tertiary alicyclic amines) is 1. The normalized spacial score (nSPS) is 14.2. The molecule has 5 heterocycles. The lowest BCUT2D eigenvalue weighted by atomic mass is 10.0. The summed E-state index contributed by atoms with van der Waals surface area (Å²) in [4.78, 5) is 35.3. The van der Waals surface area contributed by atoms with Gasteiger partial charge in [0.05, 0.1) is 33.8 Å². The van der Waals surface area contributed by atoms with Gasteiger partial charge in [0.15, 0.2) is 10.9 Å². The zero-order valence-corrected chi connectivity index (χ0v) is 24.5. The quantitative estimate of drug-likeness (QED) is 0.217. The highest BCUT2D eigenvalue weighted by Gasteiger charge is 2.28. The Hall–Kier alpha value is -4.13. The van der Waals surface area contributed by atoms with Crippen molar-refractivity contribution in [1.29, 1.82) is 0 Å². The van der Waals surface area contributed by atoms with Crippen molar-refractivity contribution >= 4 is 51.6 Å². The van der Waals surface area contributed by atoms with Crippen molar-refractivity contribution in [2.75, 3.05) is 13.1 Å². The number of aromatic nitrogens is 6. The summed E-state index contributed by atoms with van der Waals surface area (Å²) in [7, 11) is 0. The van der Waals surface area contributed by atoms with Crippen LogP contribution in [-0.2, 0) is 5.75 Å². The van der Waals surface area contributed by atoms with Gasteiger partial charge in [-0.15, -0.1) is 21.5 Å². The van der Waals surface area contributed by atoms with Crippen LogP contribution >= 0.6 is 34.7 Å². The fraction of sp³-hybridized carbons (Fsp3) is 0.207. The van der Waals surface area contributed by atoms with E-state index in [1.165, 1.54) is 23.1 Å². The lowest BCUT2D eigenvalue weighted by Crippen LogP contribution is -2.40. The SMILES string of the molecule is O=C(c1csc(CSc2nnc(-c3ccco3)n2-c2ccccc2Cl)n1)N1CCC(n2c(=O)[nH]c3ccccc32)CC1. The first-order valence-electron chi connectivity index (χ1n) is 13.4. The van der Waals surface area contributed by atoms with Gasteiger partial charge in [0.2, 0.25) is 5.82 Å². The Labute approximate surface area is 253 Å². The predicted octanol–water partition coefficient (Wildman–Crippen LogP) is 6.05. The number of thioether (sulfide) groups is 1. The Morgan fingerprint density at radius 3 is 2.69 bits per heavy atom. The molecule has 7 rings (SSSR count). The number of hydrogen-bond donors (Lipinski definition) is 1. The summed E-state index contributed by atoms with van der Waals surface area (Å²) in [6, 6.07) is 18.9. The first kappa shape index (κ1) is 26.7. The van der Waals surface area contributed by atoms with Crippen molar-refractivity contribution < 1.29 is 9.21 Å². The molecule has 0 radical (unpaired) electrons. The largest absolute Gasteiger partial charge is 0.461 e. The number of para-hydroxylation sites is 3. The van der Waals surface area contributed by atoms with Gasteiger partial charge < -0.3 is 14.3 Å². The molecule has 42 heavy (non-hydrogen) atoms. The molecule has 6 aromatic rings. The van der Waals surface area contributed by atoms with Gasteiger partial charge in [-0.05, 0) is 49.2 Å². The van der Waals surface area contributed by atoms with E-state index in [0.717, 1.165) is 21.7 Å². The summed E-state index contributed by atoms with van der Waals surface area (Å²) in [6.07, 6.45) is 3.00. The molecule has 0 atom stereocenters. The molecule has 0 unspecified atom stereocenters. The second kappa shape index (κ2) is 11.3. The molecule has 0 spiro atoms. The highest BCUT2D eigenvalue weighted by atomic mass is 35.5. The minimum atomic E-state index is -0.107. The van der Waals surface area contributed by atoms with Crippen molar-refractivity contribution in [1.82, 2.24) is 34.2 Å². The molecular weight excluding hydrogens is 594 g/mol. The number of H-pyrrole nitrogens is 1. The maximum Gasteiger partial charge on any atom is 0.326 e. The van der Waals surface area contributed by atoms with Crippen LogP contribution in [0.25, 0.3) is 28.3 Å².